The Hall–Kier alpha value is -1.40. The van der Waals surface area contributed by atoms with E-state index in [4.69, 9.17) is 14.0 Å². The highest BCUT2D eigenvalue weighted by molar-refractivity contribution is 6.48. The van der Waals surface area contributed by atoms with Gasteiger partial charge in [0, 0.05) is 5.82 Å². The van der Waals surface area contributed by atoms with Gasteiger partial charge in [-0.15, -0.1) is 0 Å². The number of hydrogen-bond acceptors (Lipinski definition) is 4. The van der Waals surface area contributed by atoms with E-state index in [9.17, 15) is 9.18 Å². The van der Waals surface area contributed by atoms with Gasteiger partial charge in [0.05, 0.1) is 24.7 Å². The van der Waals surface area contributed by atoms with Crippen LogP contribution in [0.2, 0.25) is 0 Å². The first kappa shape index (κ1) is 18.0. The van der Waals surface area contributed by atoms with Crippen molar-refractivity contribution in [3.8, 4) is 0 Å². The van der Waals surface area contributed by atoms with Crippen LogP contribution < -0.4 is 0 Å². The van der Waals surface area contributed by atoms with Gasteiger partial charge in [-0.2, -0.15) is 0 Å². The minimum Gasteiger partial charge on any atom is -0.469 e. The van der Waals surface area contributed by atoms with Crippen molar-refractivity contribution >= 4 is 13.1 Å². The Kier molecular flexibility index (Phi) is 4.88. The molecule has 1 aromatic carbocycles. The largest absolute Gasteiger partial charge is 0.469 e. The Morgan fingerprint density at radius 2 is 1.83 bits per heavy atom. The fraction of sp³-hybridized carbons (Fsp3) is 0.588. The molecule has 0 amide bonds. The molecule has 126 valence electrons. The molecule has 1 atom stereocenters. The van der Waals surface area contributed by atoms with Gasteiger partial charge in [0.2, 0.25) is 0 Å². The first-order valence-corrected chi connectivity index (χ1v) is 7.76. The van der Waals surface area contributed by atoms with Crippen LogP contribution >= 0.6 is 0 Å². The third kappa shape index (κ3) is 3.43. The molecule has 0 N–H and O–H groups in total. The second-order valence-corrected chi connectivity index (χ2v) is 6.99. The summed E-state index contributed by atoms with van der Waals surface area (Å²) < 4.78 is 31.4. The van der Waals surface area contributed by atoms with E-state index in [0.29, 0.717) is 11.1 Å². The lowest BCUT2D eigenvalue weighted by Gasteiger charge is -2.32. The van der Waals surface area contributed by atoms with Crippen molar-refractivity contribution < 1.29 is 23.2 Å². The van der Waals surface area contributed by atoms with Gasteiger partial charge in [0.1, 0.15) is 5.82 Å². The Labute approximate surface area is 137 Å². The molecule has 0 saturated carbocycles. The molecule has 6 heteroatoms. The fourth-order valence-electron chi connectivity index (χ4n) is 2.63. The minimum absolute atomic E-state index is 0.00625. The van der Waals surface area contributed by atoms with Crippen molar-refractivity contribution in [2.24, 2.45) is 0 Å². The van der Waals surface area contributed by atoms with E-state index in [1.54, 1.807) is 25.1 Å². The summed E-state index contributed by atoms with van der Waals surface area (Å²) in [6, 6.07) is 5.13. The molecule has 1 aliphatic rings. The summed E-state index contributed by atoms with van der Waals surface area (Å²) >= 11 is 0. The first-order chi connectivity index (χ1) is 10.6. The van der Waals surface area contributed by atoms with Crippen LogP contribution in [0.3, 0.4) is 0 Å². The zero-order valence-electron chi connectivity index (χ0n) is 14.6. The van der Waals surface area contributed by atoms with E-state index in [-0.39, 0.29) is 12.2 Å². The summed E-state index contributed by atoms with van der Waals surface area (Å²) in [5.41, 5.74) is -0.165. The Bertz CT molecular complexity index is 584. The van der Waals surface area contributed by atoms with E-state index in [1.165, 1.54) is 7.11 Å². The molecule has 0 spiro atoms. The maximum absolute atomic E-state index is 14.6. The third-order valence-electron chi connectivity index (χ3n) is 4.84. The van der Waals surface area contributed by atoms with E-state index in [1.807, 2.05) is 27.7 Å². The number of carbonyl (C=O) groups is 1. The molecular formula is C17H24BFO4. The van der Waals surface area contributed by atoms with Crippen molar-refractivity contribution in [1.29, 1.82) is 0 Å². The molecule has 1 heterocycles. The van der Waals surface area contributed by atoms with Crippen molar-refractivity contribution in [2.75, 3.05) is 7.11 Å². The van der Waals surface area contributed by atoms with E-state index < -0.39 is 30.1 Å². The van der Waals surface area contributed by atoms with Crippen molar-refractivity contribution in [1.82, 2.24) is 0 Å². The zero-order chi connectivity index (χ0) is 17.4. The van der Waals surface area contributed by atoms with E-state index in [0.717, 1.165) is 0 Å². The zero-order valence-corrected chi connectivity index (χ0v) is 14.6. The molecule has 4 nitrogen and oxygen atoms in total. The summed E-state index contributed by atoms with van der Waals surface area (Å²) in [5, 5.41) is 0. The van der Waals surface area contributed by atoms with Gasteiger partial charge in [-0.25, -0.2) is 4.39 Å². The van der Waals surface area contributed by atoms with Gasteiger partial charge in [0.25, 0.3) is 0 Å². The van der Waals surface area contributed by atoms with Crippen molar-refractivity contribution in [2.45, 2.75) is 58.1 Å². The SMILES string of the molecule is COC(=O)CC(B1OC(C)(C)C(C)(C)O1)c1cccc(C)c1F. The number of hydrogen-bond donors (Lipinski definition) is 0. The fourth-order valence-corrected chi connectivity index (χ4v) is 2.63. The average molecular weight is 322 g/mol. The average Bonchev–Trinajstić information content (AvgIpc) is 2.67. The number of ether oxygens (including phenoxy) is 1. The Morgan fingerprint density at radius 1 is 1.26 bits per heavy atom. The lowest BCUT2D eigenvalue weighted by Crippen LogP contribution is -2.41. The highest BCUT2D eigenvalue weighted by Gasteiger charge is 2.54. The molecule has 0 bridgehead atoms. The molecular weight excluding hydrogens is 298 g/mol. The standard InChI is InChI=1S/C17H24BFO4/c1-11-8-7-9-12(15(11)19)13(10-14(20)21-6)18-22-16(2,3)17(4,5)23-18/h7-9,13H,10H2,1-6H3. The number of carbonyl (C=O) groups excluding carboxylic acids is 1. The summed E-state index contributed by atoms with van der Waals surface area (Å²) in [7, 11) is 0.603. The normalized spacial score (nSPS) is 20.4. The van der Waals surface area contributed by atoms with Crippen LogP contribution in [0.25, 0.3) is 0 Å². The maximum atomic E-state index is 14.6. The highest BCUT2D eigenvalue weighted by Crippen LogP contribution is 2.42. The van der Waals surface area contributed by atoms with Gasteiger partial charge in [0.15, 0.2) is 0 Å². The van der Waals surface area contributed by atoms with Crippen LogP contribution in [0.4, 0.5) is 4.39 Å². The van der Waals surface area contributed by atoms with Crippen molar-refractivity contribution in [3.63, 3.8) is 0 Å². The van der Waals surface area contributed by atoms with Gasteiger partial charge >= 0.3 is 13.1 Å². The monoisotopic (exact) mass is 322 g/mol. The van der Waals surface area contributed by atoms with Crippen LogP contribution in [-0.4, -0.2) is 31.4 Å². The van der Waals surface area contributed by atoms with Gasteiger partial charge < -0.3 is 14.0 Å². The van der Waals surface area contributed by atoms with Crippen LogP contribution in [0.1, 0.15) is 51.1 Å². The highest BCUT2D eigenvalue weighted by atomic mass is 19.1. The number of aryl methyl sites for hydroxylation is 1. The molecule has 0 aromatic heterocycles. The van der Waals surface area contributed by atoms with Crippen LogP contribution in [0, 0.1) is 12.7 Å². The number of esters is 1. The molecule has 23 heavy (non-hydrogen) atoms. The molecule has 1 fully saturated rings. The Morgan fingerprint density at radius 3 is 2.35 bits per heavy atom. The quantitative estimate of drug-likeness (QED) is 0.629. The predicted molar refractivity (Wildman–Crippen MR) is 86.6 cm³/mol. The molecule has 1 aromatic rings. The summed E-state index contributed by atoms with van der Waals surface area (Å²) in [4.78, 5) is 11.8. The van der Waals surface area contributed by atoms with Crippen LogP contribution in [0.15, 0.2) is 18.2 Å². The summed E-state index contributed by atoms with van der Waals surface area (Å²) in [6.07, 6.45) is -0.00625. The second kappa shape index (κ2) is 6.25. The molecule has 0 aliphatic carbocycles. The molecule has 0 radical (unpaired) electrons. The smallest absolute Gasteiger partial charge is 0.466 e. The minimum atomic E-state index is -0.713. The number of methoxy groups -OCH3 is 1. The first-order valence-electron chi connectivity index (χ1n) is 7.76. The van der Waals surface area contributed by atoms with E-state index in [2.05, 4.69) is 0 Å². The van der Waals surface area contributed by atoms with Gasteiger partial charge in [-0.05, 0) is 45.7 Å². The number of halogens is 1. The lowest BCUT2D eigenvalue weighted by molar-refractivity contribution is -0.140. The predicted octanol–water partition coefficient (Wildman–Crippen LogP) is 3.41. The maximum Gasteiger partial charge on any atom is 0.466 e. The van der Waals surface area contributed by atoms with Crippen molar-refractivity contribution in [3.05, 3.63) is 35.1 Å². The summed E-state index contributed by atoms with van der Waals surface area (Å²) in [5.74, 6) is -1.33. The number of rotatable bonds is 4. The Balaban J connectivity index is 2.40. The van der Waals surface area contributed by atoms with Gasteiger partial charge in [-0.3, -0.25) is 4.79 Å². The van der Waals surface area contributed by atoms with Crippen LogP contribution in [-0.2, 0) is 18.8 Å². The lowest BCUT2D eigenvalue weighted by atomic mass is 9.66. The second-order valence-electron chi connectivity index (χ2n) is 6.99. The third-order valence-corrected chi connectivity index (χ3v) is 4.84. The topological polar surface area (TPSA) is 44.8 Å². The molecule has 1 aliphatic heterocycles. The van der Waals surface area contributed by atoms with E-state index >= 15 is 0 Å². The molecule has 1 unspecified atom stereocenters. The molecule has 2 rings (SSSR count). The molecule has 1 saturated heterocycles. The number of benzene rings is 1. The summed E-state index contributed by atoms with van der Waals surface area (Å²) in [6.45, 7) is 9.39. The van der Waals surface area contributed by atoms with Gasteiger partial charge in [-0.1, -0.05) is 18.2 Å². The van der Waals surface area contributed by atoms with Crippen LogP contribution in [0.5, 0.6) is 0 Å².